The molecule has 2 aromatic carbocycles. The van der Waals surface area contributed by atoms with Gasteiger partial charge in [0.2, 0.25) is 0 Å². The van der Waals surface area contributed by atoms with Gasteiger partial charge in [0.1, 0.15) is 11.5 Å². The van der Waals surface area contributed by atoms with Crippen LogP contribution in [0.3, 0.4) is 0 Å². The Morgan fingerprint density at radius 2 is 2.10 bits per heavy atom. The first-order valence-corrected chi connectivity index (χ1v) is 6.56. The highest BCUT2D eigenvalue weighted by Crippen LogP contribution is 2.30. The fraction of sp³-hybridized carbons (Fsp3) is 0.0667. The minimum Gasteiger partial charge on any atom is -0.481 e. The molecule has 0 aliphatic heterocycles. The zero-order chi connectivity index (χ0) is 14.5. The molecule has 0 saturated heterocycles. The summed E-state index contributed by atoms with van der Waals surface area (Å²) in [5, 5.41) is 17.6. The molecule has 0 saturated carbocycles. The van der Waals surface area contributed by atoms with Gasteiger partial charge in [-0.25, -0.2) is 0 Å². The quantitative estimate of drug-likeness (QED) is 0.926. The lowest BCUT2D eigenvalue weighted by Crippen LogP contribution is -1.99. The summed E-state index contributed by atoms with van der Waals surface area (Å²) in [6.45, 7) is 0. The average Bonchev–Trinajstić information content (AvgIpc) is 2.41. The second-order valence-corrected chi connectivity index (χ2v) is 4.93. The Labute approximate surface area is 124 Å². The van der Waals surface area contributed by atoms with Gasteiger partial charge in [0.05, 0.1) is 22.5 Å². The van der Waals surface area contributed by atoms with Crippen LogP contribution in [0.4, 0.5) is 0 Å². The van der Waals surface area contributed by atoms with E-state index in [0.29, 0.717) is 27.1 Å². The van der Waals surface area contributed by atoms with Crippen molar-refractivity contribution in [2.24, 2.45) is 0 Å². The fourth-order valence-corrected chi connectivity index (χ4v) is 2.13. The SMILES string of the molecule is N#Cc1ccc(Oc2cccc(CC(=O)O)c2)c(Br)c1. The Balaban J connectivity index is 2.22. The van der Waals surface area contributed by atoms with E-state index in [4.69, 9.17) is 15.1 Å². The van der Waals surface area contributed by atoms with E-state index < -0.39 is 5.97 Å². The zero-order valence-electron chi connectivity index (χ0n) is 10.3. The lowest BCUT2D eigenvalue weighted by atomic mass is 10.1. The average molecular weight is 332 g/mol. The van der Waals surface area contributed by atoms with Gasteiger partial charge in [-0.2, -0.15) is 5.26 Å². The van der Waals surface area contributed by atoms with Crippen LogP contribution in [0.1, 0.15) is 11.1 Å². The maximum atomic E-state index is 10.7. The van der Waals surface area contributed by atoms with Crippen molar-refractivity contribution in [3.05, 3.63) is 58.1 Å². The van der Waals surface area contributed by atoms with Crippen molar-refractivity contribution in [3.63, 3.8) is 0 Å². The van der Waals surface area contributed by atoms with Crippen LogP contribution in [0.2, 0.25) is 0 Å². The molecule has 0 unspecified atom stereocenters. The van der Waals surface area contributed by atoms with E-state index in [-0.39, 0.29) is 6.42 Å². The highest BCUT2D eigenvalue weighted by atomic mass is 79.9. The Hall–Kier alpha value is -2.32. The van der Waals surface area contributed by atoms with Crippen molar-refractivity contribution in [3.8, 4) is 17.6 Å². The van der Waals surface area contributed by atoms with E-state index >= 15 is 0 Å². The lowest BCUT2D eigenvalue weighted by Gasteiger charge is -2.09. The van der Waals surface area contributed by atoms with Crippen LogP contribution < -0.4 is 4.74 Å². The summed E-state index contributed by atoms with van der Waals surface area (Å²) >= 11 is 3.33. The molecule has 0 heterocycles. The number of nitrogens with zero attached hydrogens (tertiary/aromatic N) is 1. The van der Waals surface area contributed by atoms with Crippen LogP contribution >= 0.6 is 15.9 Å². The van der Waals surface area contributed by atoms with E-state index in [1.54, 1.807) is 42.5 Å². The number of benzene rings is 2. The van der Waals surface area contributed by atoms with Crippen molar-refractivity contribution in [2.75, 3.05) is 0 Å². The topological polar surface area (TPSA) is 70.3 Å². The molecule has 4 nitrogen and oxygen atoms in total. The predicted octanol–water partition coefficient (Wildman–Crippen LogP) is 3.74. The Morgan fingerprint density at radius 3 is 2.75 bits per heavy atom. The maximum absolute atomic E-state index is 10.7. The number of carboxylic acids is 1. The van der Waals surface area contributed by atoms with Gasteiger partial charge in [-0.1, -0.05) is 12.1 Å². The molecule has 0 spiro atoms. The molecule has 100 valence electrons. The molecule has 0 fully saturated rings. The molecule has 0 aliphatic carbocycles. The molecule has 0 aliphatic rings. The van der Waals surface area contributed by atoms with E-state index in [1.165, 1.54) is 0 Å². The number of hydrogen-bond acceptors (Lipinski definition) is 3. The minimum absolute atomic E-state index is 0.0499. The number of nitriles is 1. The number of rotatable bonds is 4. The summed E-state index contributed by atoms with van der Waals surface area (Å²) in [6.07, 6.45) is -0.0499. The van der Waals surface area contributed by atoms with Crippen molar-refractivity contribution in [1.82, 2.24) is 0 Å². The predicted molar refractivity (Wildman–Crippen MR) is 76.7 cm³/mol. The molecule has 2 rings (SSSR count). The molecule has 0 aromatic heterocycles. The van der Waals surface area contributed by atoms with Gasteiger partial charge in [-0.15, -0.1) is 0 Å². The van der Waals surface area contributed by atoms with Crippen LogP contribution in [0.15, 0.2) is 46.9 Å². The van der Waals surface area contributed by atoms with E-state index in [0.717, 1.165) is 0 Å². The standard InChI is InChI=1S/C15H10BrNO3/c16-13-7-11(9-17)4-5-14(13)20-12-3-1-2-10(6-12)8-15(18)19/h1-7H,8H2,(H,18,19). The van der Waals surface area contributed by atoms with Gasteiger partial charge in [-0.3, -0.25) is 4.79 Å². The van der Waals surface area contributed by atoms with E-state index in [9.17, 15) is 4.79 Å². The number of aliphatic carboxylic acids is 1. The van der Waals surface area contributed by atoms with Crippen LogP contribution in [-0.2, 0) is 11.2 Å². The molecule has 0 bridgehead atoms. The smallest absolute Gasteiger partial charge is 0.307 e. The fourth-order valence-electron chi connectivity index (χ4n) is 1.67. The summed E-state index contributed by atoms with van der Waals surface area (Å²) in [7, 11) is 0. The summed E-state index contributed by atoms with van der Waals surface area (Å²) in [4.78, 5) is 10.7. The first kappa shape index (κ1) is 14.1. The third kappa shape index (κ3) is 3.59. The summed E-state index contributed by atoms with van der Waals surface area (Å²) in [5.41, 5.74) is 1.20. The number of carbonyl (C=O) groups is 1. The van der Waals surface area contributed by atoms with Gasteiger partial charge in [0.15, 0.2) is 0 Å². The summed E-state index contributed by atoms with van der Waals surface area (Å²) < 4.78 is 6.35. The molecular formula is C15H10BrNO3. The normalized spacial score (nSPS) is 9.80. The van der Waals surface area contributed by atoms with Crippen LogP contribution in [-0.4, -0.2) is 11.1 Å². The molecule has 5 heteroatoms. The Bertz CT molecular complexity index is 692. The second kappa shape index (κ2) is 6.22. The highest BCUT2D eigenvalue weighted by Gasteiger charge is 2.06. The van der Waals surface area contributed by atoms with Crippen molar-refractivity contribution in [1.29, 1.82) is 5.26 Å². The van der Waals surface area contributed by atoms with Crippen molar-refractivity contribution < 1.29 is 14.6 Å². The van der Waals surface area contributed by atoms with E-state index in [1.807, 2.05) is 6.07 Å². The van der Waals surface area contributed by atoms with Gasteiger partial charge in [0, 0.05) is 0 Å². The molecule has 2 aromatic rings. The first-order chi connectivity index (χ1) is 9.58. The van der Waals surface area contributed by atoms with Gasteiger partial charge in [0.25, 0.3) is 0 Å². The van der Waals surface area contributed by atoms with Crippen LogP contribution in [0.5, 0.6) is 11.5 Å². The van der Waals surface area contributed by atoms with Crippen LogP contribution in [0, 0.1) is 11.3 Å². The third-order valence-electron chi connectivity index (χ3n) is 2.54. The lowest BCUT2D eigenvalue weighted by molar-refractivity contribution is -0.136. The summed E-state index contributed by atoms with van der Waals surface area (Å²) in [6, 6.07) is 13.9. The molecule has 1 N–H and O–H groups in total. The zero-order valence-corrected chi connectivity index (χ0v) is 11.9. The molecular weight excluding hydrogens is 322 g/mol. The van der Waals surface area contributed by atoms with Crippen LogP contribution in [0.25, 0.3) is 0 Å². The van der Waals surface area contributed by atoms with Gasteiger partial charge >= 0.3 is 5.97 Å². The van der Waals surface area contributed by atoms with Gasteiger partial charge in [-0.05, 0) is 51.8 Å². The van der Waals surface area contributed by atoms with Crippen molar-refractivity contribution >= 4 is 21.9 Å². The minimum atomic E-state index is -0.887. The monoisotopic (exact) mass is 331 g/mol. The Morgan fingerprint density at radius 1 is 1.30 bits per heavy atom. The first-order valence-electron chi connectivity index (χ1n) is 5.77. The van der Waals surface area contributed by atoms with Crippen molar-refractivity contribution in [2.45, 2.75) is 6.42 Å². The number of halogens is 1. The van der Waals surface area contributed by atoms with E-state index in [2.05, 4.69) is 15.9 Å². The number of hydrogen-bond donors (Lipinski definition) is 1. The molecule has 0 amide bonds. The second-order valence-electron chi connectivity index (χ2n) is 4.08. The molecule has 0 atom stereocenters. The maximum Gasteiger partial charge on any atom is 0.307 e. The largest absolute Gasteiger partial charge is 0.481 e. The summed E-state index contributed by atoms with van der Waals surface area (Å²) in [5.74, 6) is 0.229. The highest BCUT2D eigenvalue weighted by molar-refractivity contribution is 9.10. The third-order valence-corrected chi connectivity index (χ3v) is 3.16. The molecule has 20 heavy (non-hydrogen) atoms. The Kier molecular flexibility index (Phi) is 4.38. The number of ether oxygens (including phenoxy) is 1. The van der Waals surface area contributed by atoms with Gasteiger partial charge < -0.3 is 9.84 Å². The number of carboxylic acid groups (broad SMARTS) is 1. The molecule has 0 radical (unpaired) electrons.